The van der Waals surface area contributed by atoms with Crippen molar-refractivity contribution >= 4 is 35.7 Å². The fourth-order valence-electron chi connectivity index (χ4n) is 8.82. The molecule has 59 heavy (non-hydrogen) atoms. The summed E-state index contributed by atoms with van der Waals surface area (Å²) >= 11 is 0. The molecule has 3 saturated heterocycles. The van der Waals surface area contributed by atoms with Gasteiger partial charge in [0.1, 0.15) is 5.75 Å². The molecule has 324 valence electrons. The molecule has 0 aromatic heterocycles. The lowest BCUT2D eigenvalue weighted by molar-refractivity contribution is -0.173. The summed E-state index contributed by atoms with van der Waals surface area (Å²) in [6.07, 6.45) is 4.18. The normalized spacial score (nSPS) is 19.1. The fourth-order valence-corrected chi connectivity index (χ4v) is 8.82. The van der Waals surface area contributed by atoms with Crippen LogP contribution in [0.2, 0.25) is 0 Å². The second-order valence-corrected chi connectivity index (χ2v) is 17.5. The summed E-state index contributed by atoms with van der Waals surface area (Å²) in [6, 6.07) is 11.4. The van der Waals surface area contributed by atoms with E-state index in [9.17, 15) is 29.1 Å². The molecular formula is C45H65N5O9. The van der Waals surface area contributed by atoms with E-state index in [-0.39, 0.29) is 50.9 Å². The van der Waals surface area contributed by atoms with Gasteiger partial charge in [-0.25, -0.2) is 9.59 Å². The maximum Gasteiger partial charge on any atom is 0.410 e. The van der Waals surface area contributed by atoms with Gasteiger partial charge in [-0.2, -0.15) is 0 Å². The minimum Gasteiger partial charge on any atom is -0.507 e. The second kappa shape index (κ2) is 19.9. The molecule has 4 aliphatic rings. The van der Waals surface area contributed by atoms with E-state index in [1.165, 1.54) is 0 Å². The molecule has 14 nitrogen and oxygen atoms in total. The highest BCUT2D eigenvalue weighted by Gasteiger charge is 2.37. The highest BCUT2D eigenvalue weighted by Crippen LogP contribution is 2.33. The standard InChI is InChI=1S/C44H61N5O9.CH4/c1-29-24-31(25-30(2)39(29)51)26-37(58-43(55)48-21-15-35(16-22-48)49-23-14-34-8-6-7-9-36(34)45-42(49)54)40(52)47-19-12-33(13-20-47)32-10-17-46(18-11-32)27-38(50)56-28-57-41(53)44(3,4)5;/h6-9,24-25,32-33,35,37,51H,10-23,26-28H2,1-5H3,(H,45,54);1H4/t37-;/m1./s1. The van der Waals surface area contributed by atoms with Gasteiger partial charge in [-0.1, -0.05) is 37.8 Å². The Hall–Kier alpha value is -4.85. The predicted octanol–water partition coefficient (Wildman–Crippen LogP) is 6.29. The Morgan fingerprint density at radius 3 is 2.05 bits per heavy atom. The SMILES string of the molecule is C.Cc1cc(C[C@@H](OC(=O)N2CCC(N3CCc4ccccc4NC3=O)CC2)C(=O)N2CCC(C3CCN(CC(=O)OCOC(=O)C(C)(C)C)CC3)CC2)cc(C)c1O. The second-order valence-electron chi connectivity index (χ2n) is 17.5. The number of urea groups is 1. The average molecular weight is 820 g/mol. The number of para-hydroxylation sites is 1. The Labute approximate surface area is 349 Å². The van der Waals surface area contributed by atoms with Crippen molar-refractivity contribution in [2.24, 2.45) is 17.3 Å². The number of anilines is 1. The summed E-state index contributed by atoms with van der Waals surface area (Å²) in [6.45, 7) is 12.7. The number of nitrogens with one attached hydrogen (secondary N) is 1. The highest BCUT2D eigenvalue weighted by molar-refractivity contribution is 5.91. The quantitative estimate of drug-likeness (QED) is 0.206. The third kappa shape index (κ3) is 11.7. The van der Waals surface area contributed by atoms with Crippen LogP contribution in [0.25, 0.3) is 0 Å². The number of rotatable bonds is 10. The van der Waals surface area contributed by atoms with Gasteiger partial charge >= 0.3 is 24.1 Å². The molecule has 2 aromatic carbocycles. The first kappa shape index (κ1) is 45.2. The zero-order valence-electron chi connectivity index (χ0n) is 34.8. The van der Waals surface area contributed by atoms with Crippen molar-refractivity contribution < 1.29 is 43.3 Å². The summed E-state index contributed by atoms with van der Waals surface area (Å²) in [5.41, 5.74) is 3.48. The van der Waals surface area contributed by atoms with E-state index in [0.29, 0.717) is 68.5 Å². The van der Waals surface area contributed by atoms with E-state index in [2.05, 4.69) is 10.2 Å². The first-order valence-corrected chi connectivity index (χ1v) is 20.9. The van der Waals surface area contributed by atoms with E-state index in [1.54, 1.807) is 25.7 Å². The number of phenolic OH excluding ortho intramolecular Hbond substituents is 1. The van der Waals surface area contributed by atoms with Crippen LogP contribution in [-0.4, -0.2) is 126 Å². The zero-order chi connectivity index (χ0) is 41.6. The predicted molar refractivity (Wildman–Crippen MR) is 224 cm³/mol. The van der Waals surface area contributed by atoms with Crippen molar-refractivity contribution in [3.05, 3.63) is 58.7 Å². The first-order chi connectivity index (χ1) is 27.7. The molecule has 4 heterocycles. The molecule has 0 unspecified atom stereocenters. The number of benzene rings is 2. The van der Waals surface area contributed by atoms with Crippen LogP contribution in [0.5, 0.6) is 5.75 Å². The number of phenols is 1. The Kier molecular flexibility index (Phi) is 15.3. The number of carbonyl (C=O) groups is 5. The molecule has 4 aliphatic heterocycles. The third-order valence-electron chi connectivity index (χ3n) is 12.3. The van der Waals surface area contributed by atoms with Gasteiger partial charge in [0.05, 0.1) is 12.0 Å². The van der Waals surface area contributed by atoms with Gasteiger partial charge in [0.25, 0.3) is 5.91 Å². The minimum absolute atomic E-state index is 0. The van der Waals surface area contributed by atoms with E-state index in [0.717, 1.165) is 62.0 Å². The van der Waals surface area contributed by atoms with Crippen LogP contribution in [0.3, 0.4) is 0 Å². The number of hydrogen-bond donors (Lipinski definition) is 2. The van der Waals surface area contributed by atoms with Crippen LogP contribution in [0.4, 0.5) is 15.3 Å². The molecule has 4 amide bonds. The Morgan fingerprint density at radius 1 is 0.831 bits per heavy atom. The Morgan fingerprint density at radius 2 is 1.42 bits per heavy atom. The van der Waals surface area contributed by atoms with Crippen LogP contribution in [0, 0.1) is 31.1 Å². The summed E-state index contributed by atoms with van der Waals surface area (Å²) < 4.78 is 16.3. The van der Waals surface area contributed by atoms with Crippen LogP contribution >= 0.6 is 0 Å². The van der Waals surface area contributed by atoms with Crippen molar-refractivity contribution in [2.45, 2.75) is 106 Å². The number of nitrogens with zero attached hydrogens (tertiary/aromatic N) is 4. The summed E-state index contributed by atoms with van der Waals surface area (Å²) in [7, 11) is 0. The number of carbonyl (C=O) groups excluding carboxylic acids is 5. The van der Waals surface area contributed by atoms with Gasteiger partial charge in [0.15, 0.2) is 6.10 Å². The molecule has 0 bridgehead atoms. The maximum atomic E-state index is 14.2. The summed E-state index contributed by atoms with van der Waals surface area (Å²) in [5.74, 6) is 0.0751. The smallest absolute Gasteiger partial charge is 0.410 e. The largest absolute Gasteiger partial charge is 0.507 e. The maximum absolute atomic E-state index is 14.2. The van der Waals surface area contributed by atoms with Gasteiger partial charge in [-0.3, -0.25) is 19.3 Å². The lowest BCUT2D eigenvalue weighted by Crippen LogP contribution is -2.52. The molecular weight excluding hydrogens is 755 g/mol. The fraction of sp³-hybridized carbons (Fsp3) is 0.622. The van der Waals surface area contributed by atoms with Crippen LogP contribution in [0.15, 0.2) is 36.4 Å². The Bertz CT molecular complexity index is 1780. The molecule has 0 radical (unpaired) electrons. The molecule has 0 aliphatic carbocycles. The molecule has 14 heteroatoms. The molecule has 0 saturated carbocycles. The lowest BCUT2D eigenvalue weighted by atomic mass is 9.78. The van der Waals surface area contributed by atoms with E-state index in [4.69, 9.17) is 14.2 Å². The van der Waals surface area contributed by atoms with Crippen molar-refractivity contribution in [1.29, 1.82) is 0 Å². The van der Waals surface area contributed by atoms with Gasteiger partial charge in [-0.15, -0.1) is 0 Å². The number of fused-ring (bicyclic) bond motifs is 1. The molecule has 1 atom stereocenters. The van der Waals surface area contributed by atoms with E-state index >= 15 is 0 Å². The van der Waals surface area contributed by atoms with Gasteiger partial charge in [0, 0.05) is 50.9 Å². The first-order valence-electron chi connectivity index (χ1n) is 20.9. The van der Waals surface area contributed by atoms with Gasteiger partial charge < -0.3 is 39.3 Å². The zero-order valence-corrected chi connectivity index (χ0v) is 34.8. The van der Waals surface area contributed by atoms with Crippen LogP contribution < -0.4 is 5.32 Å². The third-order valence-corrected chi connectivity index (χ3v) is 12.3. The molecule has 3 fully saturated rings. The lowest BCUT2D eigenvalue weighted by Gasteiger charge is -2.41. The van der Waals surface area contributed by atoms with Crippen molar-refractivity contribution in [3.8, 4) is 5.75 Å². The number of ether oxygens (including phenoxy) is 3. The summed E-state index contributed by atoms with van der Waals surface area (Å²) in [4.78, 5) is 72.8. The number of aromatic hydroxyl groups is 1. The number of esters is 2. The average Bonchev–Trinajstić information content (AvgIpc) is 3.37. The molecule has 0 spiro atoms. The molecule has 6 rings (SSSR count). The van der Waals surface area contributed by atoms with Gasteiger partial charge in [0.2, 0.25) is 6.79 Å². The molecule has 2 aromatic rings. The van der Waals surface area contributed by atoms with E-state index in [1.807, 2.05) is 60.0 Å². The number of amides is 4. The number of piperidine rings is 3. The number of likely N-dealkylation sites (tertiary alicyclic amines) is 3. The van der Waals surface area contributed by atoms with E-state index < -0.39 is 29.6 Å². The summed E-state index contributed by atoms with van der Waals surface area (Å²) in [5, 5.41) is 13.5. The van der Waals surface area contributed by atoms with Crippen molar-refractivity contribution in [2.75, 3.05) is 64.5 Å². The topological polar surface area (TPSA) is 158 Å². The van der Waals surface area contributed by atoms with Crippen molar-refractivity contribution in [1.82, 2.24) is 19.6 Å². The number of hydrogen-bond acceptors (Lipinski definition) is 10. The Balaban J connectivity index is 0.00000661. The van der Waals surface area contributed by atoms with Gasteiger partial charge in [-0.05, 0) is 133 Å². The number of aryl methyl sites for hydroxylation is 2. The van der Waals surface area contributed by atoms with Crippen LogP contribution in [-0.2, 0) is 41.4 Å². The molecule has 2 N–H and O–H groups in total. The highest BCUT2D eigenvalue weighted by atomic mass is 16.7. The monoisotopic (exact) mass is 819 g/mol. The minimum atomic E-state index is -1.03. The van der Waals surface area contributed by atoms with Crippen molar-refractivity contribution in [3.63, 3.8) is 0 Å². The van der Waals surface area contributed by atoms with Crippen LogP contribution in [0.1, 0.15) is 89.0 Å².